The van der Waals surface area contributed by atoms with Crippen molar-refractivity contribution >= 4 is 29.4 Å². The van der Waals surface area contributed by atoms with E-state index in [-0.39, 0.29) is 6.03 Å². The fourth-order valence-corrected chi connectivity index (χ4v) is 4.11. The number of hydrogen-bond donors (Lipinski definition) is 1. The molecule has 0 radical (unpaired) electrons. The van der Waals surface area contributed by atoms with Crippen molar-refractivity contribution < 1.29 is 14.7 Å². The lowest BCUT2D eigenvalue weighted by Gasteiger charge is -2.36. The van der Waals surface area contributed by atoms with Crippen LogP contribution in [0.3, 0.4) is 0 Å². The molecule has 2 heterocycles. The third kappa shape index (κ3) is 2.60. The predicted molar refractivity (Wildman–Crippen MR) is 82.6 cm³/mol. The lowest BCUT2D eigenvalue weighted by Crippen LogP contribution is -2.51. The minimum absolute atomic E-state index is 0.189. The van der Waals surface area contributed by atoms with Crippen molar-refractivity contribution in [2.24, 2.45) is 5.92 Å². The molecule has 2 unspecified atom stereocenters. The molecule has 6 heteroatoms. The van der Waals surface area contributed by atoms with Crippen LogP contribution in [0, 0.1) is 5.92 Å². The lowest BCUT2D eigenvalue weighted by molar-refractivity contribution is -0.140. The van der Waals surface area contributed by atoms with E-state index in [1.807, 2.05) is 24.3 Å². The summed E-state index contributed by atoms with van der Waals surface area (Å²) in [6.07, 6.45) is 0.955. The van der Waals surface area contributed by atoms with E-state index in [4.69, 9.17) is 0 Å². The standard InChI is InChI=1S/C15H18N2O3S/c1-10-6-11-4-2-3-5-12(11)16(7-10)15(20)17-9-21-8-13(17)14(18)19/h2-5,10,13H,6-9H2,1H3,(H,18,19). The quantitative estimate of drug-likeness (QED) is 0.864. The number of urea groups is 1. The molecule has 2 atom stereocenters. The maximum absolute atomic E-state index is 12.8. The molecule has 1 saturated heterocycles. The van der Waals surface area contributed by atoms with Gasteiger partial charge in [0.25, 0.3) is 0 Å². The highest BCUT2D eigenvalue weighted by Gasteiger charge is 2.38. The van der Waals surface area contributed by atoms with Crippen molar-refractivity contribution in [3.05, 3.63) is 29.8 Å². The summed E-state index contributed by atoms with van der Waals surface area (Å²) in [6, 6.07) is 6.98. The van der Waals surface area contributed by atoms with Gasteiger partial charge in [-0.05, 0) is 24.0 Å². The molecule has 0 spiro atoms. The number of benzene rings is 1. The topological polar surface area (TPSA) is 60.9 Å². The van der Waals surface area contributed by atoms with Gasteiger partial charge in [0.2, 0.25) is 0 Å². The van der Waals surface area contributed by atoms with Gasteiger partial charge in [0.15, 0.2) is 0 Å². The Morgan fingerprint density at radius 3 is 2.86 bits per heavy atom. The number of anilines is 1. The summed E-state index contributed by atoms with van der Waals surface area (Å²) in [5.41, 5.74) is 2.07. The number of carbonyl (C=O) groups is 2. The van der Waals surface area contributed by atoms with E-state index < -0.39 is 12.0 Å². The highest BCUT2D eigenvalue weighted by molar-refractivity contribution is 7.99. The van der Waals surface area contributed by atoms with Crippen molar-refractivity contribution in [3.63, 3.8) is 0 Å². The number of rotatable bonds is 1. The molecule has 21 heavy (non-hydrogen) atoms. The van der Waals surface area contributed by atoms with Crippen LogP contribution >= 0.6 is 11.8 Å². The van der Waals surface area contributed by atoms with Crippen molar-refractivity contribution in [2.75, 3.05) is 23.1 Å². The number of para-hydroxylation sites is 1. The first kappa shape index (κ1) is 14.3. The summed E-state index contributed by atoms with van der Waals surface area (Å²) in [7, 11) is 0. The molecule has 0 saturated carbocycles. The summed E-state index contributed by atoms with van der Waals surface area (Å²) in [5.74, 6) is 0.365. The monoisotopic (exact) mass is 306 g/mol. The van der Waals surface area contributed by atoms with Crippen molar-refractivity contribution in [2.45, 2.75) is 19.4 Å². The van der Waals surface area contributed by atoms with Gasteiger partial charge < -0.3 is 10.0 Å². The Bertz CT molecular complexity index is 578. The normalized spacial score (nSPS) is 24.8. The molecule has 1 aromatic carbocycles. The van der Waals surface area contributed by atoms with Gasteiger partial charge in [-0.25, -0.2) is 9.59 Å². The van der Waals surface area contributed by atoms with Crippen LogP contribution in [0.1, 0.15) is 12.5 Å². The average molecular weight is 306 g/mol. The molecule has 3 rings (SSSR count). The highest BCUT2D eigenvalue weighted by atomic mass is 32.2. The molecule has 0 bridgehead atoms. The number of amides is 2. The predicted octanol–water partition coefficient (Wildman–Crippen LogP) is 2.26. The Morgan fingerprint density at radius 2 is 2.10 bits per heavy atom. The lowest BCUT2D eigenvalue weighted by atomic mass is 9.94. The van der Waals surface area contributed by atoms with Crippen molar-refractivity contribution in [1.82, 2.24) is 4.90 Å². The van der Waals surface area contributed by atoms with Crippen LogP contribution in [0.15, 0.2) is 24.3 Å². The largest absolute Gasteiger partial charge is 0.480 e. The fourth-order valence-electron chi connectivity index (χ4n) is 2.97. The molecule has 1 aromatic rings. The van der Waals surface area contributed by atoms with Gasteiger partial charge in [-0.3, -0.25) is 4.90 Å². The van der Waals surface area contributed by atoms with E-state index in [0.29, 0.717) is 24.1 Å². The number of carboxylic acids is 1. The number of fused-ring (bicyclic) bond motifs is 1. The van der Waals surface area contributed by atoms with E-state index in [0.717, 1.165) is 17.7 Å². The number of carbonyl (C=O) groups excluding carboxylic acids is 1. The first-order valence-corrected chi connectivity index (χ1v) is 8.20. The van der Waals surface area contributed by atoms with Gasteiger partial charge in [0.1, 0.15) is 6.04 Å². The summed E-state index contributed by atoms with van der Waals surface area (Å²) < 4.78 is 0. The van der Waals surface area contributed by atoms with Crippen LogP contribution in [0.5, 0.6) is 0 Å². The maximum atomic E-state index is 12.8. The van der Waals surface area contributed by atoms with Gasteiger partial charge in [-0.2, -0.15) is 0 Å². The third-order valence-electron chi connectivity index (χ3n) is 3.99. The zero-order valence-electron chi connectivity index (χ0n) is 11.9. The second-order valence-corrected chi connectivity index (χ2v) is 6.65. The molecule has 1 N–H and O–H groups in total. The Kier molecular flexibility index (Phi) is 3.80. The van der Waals surface area contributed by atoms with Gasteiger partial charge in [0, 0.05) is 18.0 Å². The van der Waals surface area contributed by atoms with Gasteiger partial charge in [0.05, 0.1) is 5.88 Å². The first-order valence-electron chi connectivity index (χ1n) is 7.04. The molecular formula is C15H18N2O3S. The Hall–Kier alpha value is -1.69. The molecule has 5 nitrogen and oxygen atoms in total. The van der Waals surface area contributed by atoms with Gasteiger partial charge in [-0.1, -0.05) is 25.1 Å². The zero-order chi connectivity index (χ0) is 15.0. The molecule has 0 aromatic heterocycles. The molecule has 2 amide bonds. The molecule has 0 aliphatic carbocycles. The average Bonchev–Trinajstić information content (AvgIpc) is 2.95. The van der Waals surface area contributed by atoms with Gasteiger partial charge >= 0.3 is 12.0 Å². The van der Waals surface area contributed by atoms with E-state index in [1.165, 1.54) is 16.7 Å². The maximum Gasteiger partial charge on any atom is 0.327 e. The summed E-state index contributed by atoms with van der Waals surface area (Å²) in [5, 5.41) is 9.25. The van der Waals surface area contributed by atoms with Gasteiger partial charge in [-0.15, -0.1) is 11.8 Å². The Morgan fingerprint density at radius 1 is 1.33 bits per heavy atom. The van der Waals surface area contributed by atoms with Crippen LogP contribution in [0.25, 0.3) is 0 Å². The first-order chi connectivity index (χ1) is 10.1. The second-order valence-electron chi connectivity index (χ2n) is 5.65. The number of nitrogens with zero attached hydrogens (tertiary/aromatic N) is 2. The molecule has 2 aliphatic rings. The van der Waals surface area contributed by atoms with Crippen molar-refractivity contribution in [1.29, 1.82) is 0 Å². The van der Waals surface area contributed by atoms with E-state index in [2.05, 4.69) is 6.92 Å². The molecule has 112 valence electrons. The summed E-state index contributed by atoms with van der Waals surface area (Å²) in [4.78, 5) is 27.3. The van der Waals surface area contributed by atoms with E-state index in [9.17, 15) is 14.7 Å². The SMILES string of the molecule is CC1Cc2ccccc2N(C(=O)N2CSCC2C(=O)O)C1. The number of thioether (sulfide) groups is 1. The summed E-state index contributed by atoms with van der Waals surface area (Å²) in [6.45, 7) is 2.76. The third-order valence-corrected chi connectivity index (χ3v) is 5.00. The van der Waals surface area contributed by atoms with Crippen LogP contribution in [-0.2, 0) is 11.2 Å². The van der Waals surface area contributed by atoms with Crippen LogP contribution < -0.4 is 4.90 Å². The van der Waals surface area contributed by atoms with Crippen LogP contribution in [0.4, 0.5) is 10.5 Å². The summed E-state index contributed by atoms with van der Waals surface area (Å²) >= 11 is 1.49. The zero-order valence-corrected chi connectivity index (χ0v) is 12.7. The number of aliphatic carboxylic acids is 1. The molecule has 1 fully saturated rings. The van der Waals surface area contributed by atoms with Crippen molar-refractivity contribution in [3.8, 4) is 0 Å². The van der Waals surface area contributed by atoms with Crippen LogP contribution in [-0.4, -0.2) is 46.2 Å². The number of carboxylic acid groups (broad SMARTS) is 1. The number of hydrogen-bond acceptors (Lipinski definition) is 3. The van der Waals surface area contributed by atoms with E-state index in [1.54, 1.807) is 4.90 Å². The van der Waals surface area contributed by atoms with E-state index >= 15 is 0 Å². The minimum Gasteiger partial charge on any atom is -0.480 e. The highest BCUT2D eigenvalue weighted by Crippen LogP contribution is 2.32. The smallest absolute Gasteiger partial charge is 0.327 e. The second kappa shape index (κ2) is 5.60. The Labute approximate surface area is 127 Å². The molecular weight excluding hydrogens is 288 g/mol. The molecule has 2 aliphatic heterocycles. The minimum atomic E-state index is -0.924. The van der Waals surface area contributed by atoms with Crippen LogP contribution in [0.2, 0.25) is 0 Å². The Balaban J connectivity index is 1.89. The fraction of sp³-hybridized carbons (Fsp3) is 0.467.